The Kier molecular flexibility index (Phi) is 6.75. The van der Waals surface area contributed by atoms with Crippen molar-refractivity contribution in [3.8, 4) is 5.75 Å². The van der Waals surface area contributed by atoms with Gasteiger partial charge in [0.1, 0.15) is 5.75 Å². The standard InChI is InChI=1S/C24H24O4S/c1-15-22(11-10-21(16(2)25)23(15)26)29-14-19-5-3-4-18(13-19)12-17-6-8-20(9-7-17)24(27)28/h3-11,13,24,26-28H,12,14H2,1-2H3. The highest BCUT2D eigenvalue weighted by atomic mass is 32.2. The van der Waals surface area contributed by atoms with Crippen molar-refractivity contribution in [2.24, 2.45) is 0 Å². The van der Waals surface area contributed by atoms with Crippen molar-refractivity contribution in [3.05, 3.63) is 94.0 Å². The van der Waals surface area contributed by atoms with Gasteiger partial charge < -0.3 is 15.3 Å². The van der Waals surface area contributed by atoms with Gasteiger partial charge in [-0.05, 0) is 49.1 Å². The van der Waals surface area contributed by atoms with Crippen LogP contribution in [0.3, 0.4) is 0 Å². The molecule has 0 atom stereocenters. The summed E-state index contributed by atoms with van der Waals surface area (Å²) in [6, 6.07) is 19.1. The number of Topliss-reactive ketones (excluding diaryl/α,β-unsaturated/α-hetero) is 1. The van der Waals surface area contributed by atoms with Gasteiger partial charge >= 0.3 is 0 Å². The Bertz CT molecular complexity index is 1010. The largest absolute Gasteiger partial charge is 0.507 e. The summed E-state index contributed by atoms with van der Waals surface area (Å²) >= 11 is 1.63. The monoisotopic (exact) mass is 408 g/mol. The van der Waals surface area contributed by atoms with Crippen LogP contribution in [0.15, 0.2) is 65.6 Å². The number of aliphatic hydroxyl groups is 2. The van der Waals surface area contributed by atoms with Crippen molar-refractivity contribution in [1.82, 2.24) is 0 Å². The first-order valence-corrected chi connectivity index (χ1v) is 10.3. The molecule has 0 radical (unpaired) electrons. The summed E-state index contributed by atoms with van der Waals surface area (Å²) in [5.74, 6) is 0.674. The molecule has 0 aliphatic rings. The summed E-state index contributed by atoms with van der Waals surface area (Å²) in [5, 5.41) is 28.6. The van der Waals surface area contributed by atoms with Gasteiger partial charge in [0.25, 0.3) is 0 Å². The molecular weight excluding hydrogens is 384 g/mol. The van der Waals surface area contributed by atoms with Gasteiger partial charge in [-0.1, -0.05) is 48.5 Å². The number of hydrogen-bond donors (Lipinski definition) is 3. The topological polar surface area (TPSA) is 77.8 Å². The zero-order valence-corrected chi connectivity index (χ0v) is 17.2. The van der Waals surface area contributed by atoms with Crippen molar-refractivity contribution in [2.75, 3.05) is 0 Å². The van der Waals surface area contributed by atoms with Gasteiger partial charge in [0.15, 0.2) is 12.1 Å². The first-order valence-electron chi connectivity index (χ1n) is 9.34. The number of rotatable bonds is 7. The number of aromatic hydroxyl groups is 1. The summed E-state index contributed by atoms with van der Waals surface area (Å²) in [6.45, 7) is 3.28. The average molecular weight is 409 g/mol. The van der Waals surface area contributed by atoms with Crippen LogP contribution < -0.4 is 0 Å². The molecule has 0 aromatic heterocycles. The summed E-state index contributed by atoms with van der Waals surface area (Å²) in [4.78, 5) is 12.5. The van der Waals surface area contributed by atoms with Crippen molar-refractivity contribution in [2.45, 2.75) is 37.2 Å². The molecule has 0 saturated carbocycles. The van der Waals surface area contributed by atoms with Crippen molar-refractivity contribution >= 4 is 17.5 Å². The molecule has 150 valence electrons. The highest BCUT2D eigenvalue weighted by Gasteiger charge is 2.12. The van der Waals surface area contributed by atoms with Gasteiger partial charge in [-0.25, -0.2) is 0 Å². The third-order valence-corrected chi connectivity index (χ3v) is 6.06. The van der Waals surface area contributed by atoms with Crippen LogP contribution in [0.5, 0.6) is 5.75 Å². The van der Waals surface area contributed by atoms with Crippen LogP contribution in [0.25, 0.3) is 0 Å². The third-order valence-electron chi connectivity index (χ3n) is 4.83. The number of phenols is 1. The molecular formula is C24H24O4S. The molecule has 0 bridgehead atoms. The zero-order valence-electron chi connectivity index (χ0n) is 16.4. The molecule has 0 aliphatic carbocycles. The molecule has 3 N–H and O–H groups in total. The summed E-state index contributed by atoms with van der Waals surface area (Å²) in [7, 11) is 0. The maximum absolute atomic E-state index is 11.6. The predicted molar refractivity (Wildman–Crippen MR) is 115 cm³/mol. The number of carbonyl (C=O) groups is 1. The number of benzene rings is 3. The fraction of sp³-hybridized carbons (Fsp3) is 0.208. The van der Waals surface area contributed by atoms with Gasteiger partial charge in [0, 0.05) is 21.8 Å². The Labute approximate surface area is 174 Å². The molecule has 0 unspecified atom stereocenters. The van der Waals surface area contributed by atoms with Crippen LogP contribution in [0.4, 0.5) is 0 Å². The summed E-state index contributed by atoms with van der Waals surface area (Å²) in [6.07, 6.45) is -0.690. The number of aliphatic hydroxyl groups excluding tert-OH is 1. The second-order valence-corrected chi connectivity index (χ2v) is 8.06. The van der Waals surface area contributed by atoms with E-state index in [0.29, 0.717) is 11.1 Å². The molecule has 0 spiro atoms. The van der Waals surface area contributed by atoms with Crippen molar-refractivity contribution < 1.29 is 20.1 Å². The molecule has 5 heteroatoms. The van der Waals surface area contributed by atoms with Crippen LogP contribution in [-0.4, -0.2) is 21.1 Å². The molecule has 0 fully saturated rings. The lowest BCUT2D eigenvalue weighted by atomic mass is 10.0. The molecule has 3 rings (SSSR count). The Hall–Kier alpha value is -2.60. The molecule has 0 amide bonds. The van der Waals surface area contributed by atoms with Crippen LogP contribution in [0.1, 0.15) is 51.4 Å². The number of hydrogen-bond acceptors (Lipinski definition) is 5. The smallest absolute Gasteiger partial charge is 0.178 e. The number of ketones is 1. The lowest BCUT2D eigenvalue weighted by molar-refractivity contribution is -0.0424. The van der Waals surface area contributed by atoms with Gasteiger partial charge in [-0.15, -0.1) is 11.8 Å². The quantitative estimate of drug-likeness (QED) is 0.298. The maximum atomic E-state index is 11.6. The first-order chi connectivity index (χ1) is 13.8. The fourth-order valence-electron chi connectivity index (χ4n) is 3.16. The third kappa shape index (κ3) is 5.26. The fourth-order valence-corrected chi connectivity index (χ4v) is 4.14. The first kappa shape index (κ1) is 21.1. The number of thioether (sulfide) groups is 1. The van der Waals surface area contributed by atoms with E-state index in [-0.39, 0.29) is 11.5 Å². The molecule has 3 aromatic rings. The zero-order chi connectivity index (χ0) is 21.0. The van der Waals surface area contributed by atoms with E-state index in [9.17, 15) is 20.1 Å². The molecule has 0 aliphatic heterocycles. The second-order valence-electron chi connectivity index (χ2n) is 7.04. The Balaban J connectivity index is 1.69. The normalized spacial score (nSPS) is 11.1. The van der Waals surface area contributed by atoms with Crippen LogP contribution in [0, 0.1) is 6.92 Å². The van der Waals surface area contributed by atoms with E-state index in [1.807, 2.05) is 31.2 Å². The minimum absolute atomic E-state index is 0.0627. The Morgan fingerprint density at radius 1 is 0.966 bits per heavy atom. The van der Waals surface area contributed by atoms with Gasteiger partial charge in [0.05, 0.1) is 5.56 Å². The van der Waals surface area contributed by atoms with E-state index in [1.54, 1.807) is 30.0 Å². The summed E-state index contributed by atoms with van der Waals surface area (Å²) < 4.78 is 0. The molecule has 4 nitrogen and oxygen atoms in total. The van der Waals surface area contributed by atoms with Gasteiger partial charge in [-0.3, -0.25) is 4.79 Å². The molecule has 0 heterocycles. The average Bonchev–Trinajstić information content (AvgIpc) is 2.69. The lowest BCUT2D eigenvalue weighted by Gasteiger charge is -2.11. The van der Waals surface area contributed by atoms with Crippen molar-refractivity contribution in [1.29, 1.82) is 0 Å². The van der Waals surface area contributed by atoms with E-state index in [1.165, 1.54) is 18.1 Å². The molecule has 0 saturated heterocycles. The van der Waals surface area contributed by atoms with E-state index in [4.69, 9.17) is 0 Å². The molecule has 29 heavy (non-hydrogen) atoms. The van der Waals surface area contributed by atoms with Gasteiger partial charge in [-0.2, -0.15) is 0 Å². The van der Waals surface area contributed by atoms with E-state index < -0.39 is 6.29 Å². The van der Waals surface area contributed by atoms with E-state index >= 15 is 0 Å². The van der Waals surface area contributed by atoms with Crippen LogP contribution in [0.2, 0.25) is 0 Å². The lowest BCUT2D eigenvalue weighted by Crippen LogP contribution is -1.96. The second kappa shape index (κ2) is 9.27. The van der Waals surface area contributed by atoms with E-state index in [2.05, 4.69) is 18.2 Å². The van der Waals surface area contributed by atoms with Crippen LogP contribution in [-0.2, 0) is 12.2 Å². The SMILES string of the molecule is CC(=O)c1ccc(SCc2cccc(Cc3ccc(C(O)O)cc3)c2)c(C)c1O. The van der Waals surface area contributed by atoms with E-state index in [0.717, 1.165) is 28.2 Å². The van der Waals surface area contributed by atoms with Gasteiger partial charge in [0.2, 0.25) is 0 Å². The Morgan fingerprint density at radius 3 is 2.31 bits per heavy atom. The number of phenolic OH excluding ortho intramolecular Hbond substituents is 1. The number of carbonyl (C=O) groups excluding carboxylic acids is 1. The highest BCUT2D eigenvalue weighted by Crippen LogP contribution is 2.33. The molecule has 3 aromatic carbocycles. The minimum atomic E-state index is -1.45. The summed E-state index contributed by atoms with van der Waals surface area (Å²) in [5.41, 5.74) is 5.00. The van der Waals surface area contributed by atoms with Crippen molar-refractivity contribution in [3.63, 3.8) is 0 Å². The minimum Gasteiger partial charge on any atom is -0.507 e. The highest BCUT2D eigenvalue weighted by molar-refractivity contribution is 7.98. The van der Waals surface area contributed by atoms with Crippen LogP contribution >= 0.6 is 11.8 Å². The predicted octanol–water partition coefficient (Wildman–Crippen LogP) is 4.77. The Morgan fingerprint density at radius 2 is 1.66 bits per heavy atom. The maximum Gasteiger partial charge on any atom is 0.178 e.